The van der Waals surface area contributed by atoms with Crippen LogP contribution in [0.3, 0.4) is 0 Å². The van der Waals surface area contributed by atoms with E-state index in [9.17, 15) is 0 Å². The van der Waals surface area contributed by atoms with Gasteiger partial charge in [-0.1, -0.05) is 416 Å². The number of nitrogens with zero attached hydrogens (tertiary/aromatic N) is 2. The standard InChI is InChI=1S/C35H28S.C34H28N2.C34H26S2.C29H26S/c1-35(2,3)34-27(25-15-8-12-23-21-22-11-4-5-13-24(22)32(23)25)17-9-18-28(34)26-16-10-20-31-33(26)29-14-6-7-19-30(29)36-31;1-34(2,3)33-31-25-18-10-12-20-27(25)35(23-14-6-4-7-15-23)29(31)22-30-32(33)26-19-11-13-21-28(26)36(30)24-16-8-5-9-17-24;1-34(2,3)31-23(27-17-9-15-25-21-11-4-6-19-29(21)35-32(25)27)13-8-14-24(31)28-18-10-16-26-22-12-5-7-20-30(22)36-33(26)28;1-19-10-7-11-20(18-19)21-13-8-15-23(28(21)29(2,3)4)22-14-9-17-26-27(22)24-12-5-6-16-25(24)30-26/h4-20H,21H2,1-3H3;4-22H,1-3H3;4-20H,1-3H3;5-18H,1-4H3/i;;;7D,10D,11D,18D. The number of para-hydroxylation sites is 4. The fourth-order valence-electron chi connectivity index (χ4n) is 22.3. The molecule has 138 heavy (non-hydrogen) atoms. The molecule has 0 saturated carbocycles. The molecule has 1 aliphatic carbocycles. The molecule has 0 aliphatic heterocycles. The minimum atomic E-state index is -0.283. The third-order valence-corrected chi connectivity index (χ3v) is 32.4. The van der Waals surface area contributed by atoms with E-state index >= 15 is 0 Å². The molecule has 0 bridgehead atoms. The molecule has 0 amide bonds. The summed E-state index contributed by atoms with van der Waals surface area (Å²) >= 11 is 7.51. The monoisotopic (exact) mass is 1850 g/mol. The number of fused-ring (bicyclic) bond motifs is 21. The zero-order chi connectivity index (χ0) is 97.7. The second-order valence-corrected chi connectivity index (χ2v) is 45.2. The van der Waals surface area contributed by atoms with Gasteiger partial charge in [0, 0.05) is 114 Å². The Morgan fingerprint density at radius 2 is 0.558 bits per heavy atom. The van der Waals surface area contributed by atoms with Crippen molar-refractivity contribution in [3.05, 3.63) is 445 Å². The van der Waals surface area contributed by atoms with Gasteiger partial charge in [-0.2, -0.15) is 0 Å². The summed E-state index contributed by atoms with van der Waals surface area (Å²) in [6.45, 7) is 29.4. The lowest BCUT2D eigenvalue weighted by molar-refractivity contribution is 0.593. The van der Waals surface area contributed by atoms with Crippen molar-refractivity contribution in [1.82, 2.24) is 9.13 Å². The maximum atomic E-state index is 8.78. The molecule has 6 heteroatoms. The van der Waals surface area contributed by atoms with E-state index in [4.69, 9.17) is 5.48 Å². The third-order valence-electron chi connectivity index (χ3n) is 27.7. The van der Waals surface area contributed by atoms with Gasteiger partial charge in [0.2, 0.25) is 0 Å². The summed E-state index contributed by atoms with van der Waals surface area (Å²) in [7, 11) is 0. The van der Waals surface area contributed by atoms with Gasteiger partial charge in [0.15, 0.2) is 0 Å². The lowest BCUT2D eigenvalue weighted by Crippen LogP contribution is -2.15. The predicted molar refractivity (Wildman–Crippen MR) is 606 cm³/mol. The maximum Gasteiger partial charge on any atom is 0.0632 e. The maximum absolute atomic E-state index is 8.78. The normalized spacial score (nSPS) is 12.8. The first-order chi connectivity index (χ1) is 68.7. The minimum absolute atomic E-state index is 0.0242. The molecule has 0 atom stereocenters. The zero-order valence-corrected chi connectivity index (χ0v) is 83.4. The Morgan fingerprint density at radius 3 is 1.03 bits per heavy atom. The number of benzene rings is 19. The van der Waals surface area contributed by atoms with Crippen LogP contribution in [-0.2, 0) is 28.1 Å². The molecule has 2 nitrogen and oxygen atoms in total. The van der Waals surface area contributed by atoms with E-state index in [1.807, 2.05) is 46.1 Å². The van der Waals surface area contributed by atoms with Gasteiger partial charge in [0.25, 0.3) is 0 Å². The van der Waals surface area contributed by atoms with Gasteiger partial charge in [-0.15, -0.1) is 45.3 Å². The van der Waals surface area contributed by atoms with Crippen LogP contribution in [-0.4, -0.2) is 9.13 Å². The quantitative estimate of drug-likeness (QED) is 0.143. The van der Waals surface area contributed by atoms with Gasteiger partial charge >= 0.3 is 0 Å². The number of aromatic nitrogens is 2. The Labute approximate surface area is 830 Å². The molecule has 19 aromatic carbocycles. The van der Waals surface area contributed by atoms with E-state index in [2.05, 4.69) is 462 Å². The second-order valence-electron chi connectivity index (χ2n) is 40.9. The topological polar surface area (TPSA) is 9.86 Å². The van der Waals surface area contributed by atoms with Crippen LogP contribution in [0.1, 0.15) is 128 Å². The summed E-state index contributed by atoms with van der Waals surface area (Å²) in [5.41, 5.74) is 32.6. The first-order valence-corrected chi connectivity index (χ1v) is 51.3. The third kappa shape index (κ3) is 15.3. The number of hydrogen-bond donors (Lipinski definition) is 0. The fraction of sp³-hybridized carbons (Fsp3) is 0.136. The first kappa shape index (κ1) is 83.1. The van der Waals surface area contributed by atoms with E-state index < -0.39 is 0 Å². The summed E-state index contributed by atoms with van der Waals surface area (Å²) < 4.78 is 49.5. The molecule has 1 aliphatic rings. The SMILES string of the molecule is CC(C)(C)c1c(-c2cccc3c2-c2ccccc2C3)cccc1-c1cccc2sc3ccccc3c12.CC(C)(C)c1c(-c2cccc3c2sc2ccccc23)cccc1-c1cccc2c1sc1ccccc12.CC(C)(C)c1c2c3ccccc3n(-c3ccccc3)c2cc2c1c1ccccc1n2-c1ccccc1.[2H]c1c([2H])c(C)c([2H])c(-c2cccc(-c3cccc4sc5ccccc5c34)c2C(C)(C)C)c1[2H]. The molecule has 0 saturated heterocycles. The first-order valence-electron chi connectivity index (χ1n) is 50.1. The summed E-state index contributed by atoms with van der Waals surface area (Å²) in [6.07, 6.45) is 1.02. The van der Waals surface area contributed by atoms with Gasteiger partial charge in [-0.05, 0) is 225 Å². The molecule has 0 N–H and O–H groups in total. The lowest BCUT2D eigenvalue weighted by atomic mass is 9.76. The van der Waals surface area contributed by atoms with Gasteiger partial charge in [0.1, 0.15) is 0 Å². The summed E-state index contributed by atoms with van der Waals surface area (Å²) in [5, 5.41) is 15.9. The minimum Gasteiger partial charge on any atom is -0.309 e. The van der Waals surface area contributed by atoms with Gasteiger partial charge in [0.05, 0.1) is 27.5 Å². The largest absolute Gasteiger partial charge is 0.309 e. The smallest absolute Gasteiger partial charge is 0.0632 e. The number of rotatable bonds is 8. The Bertz CT molecular complexity index is 9080. The van der Waals surface area contributed by atoms with Crippen LogP contribution in [0.25, 0.3) is 214 Å². The average Bonchev–Trinajstić information content (AvgIpc) is 1.53. The number of hydrogen-bond acceptors (Lipinski definition) is 4. The van der Waals surface area contributed by atoms with Gasteiger partial charge in [-0.3, -0.25) is 0 Å². The van der Waals surface area contributed by atoms with E-state index in [-0.39, 0.29) is 45.8 Å². The molecule has 26 rings (SSSR count). The highest BCUT2D eigenvalue weighted by Crippen LogP contribution is 2.55. The summed E-state index contributed by atoms with van der Waals surface area (Å²) in [5.74, 6) is 0. The van der Waals surface area contributed by atoms with Crippen LogP contribution in [0.5, 0.6) is 0 Å². The summed E-state index contributed by atoms with van der Waals surface area (Å²) in [6, 6.07) is 139. The molecular weight excluding hydrogens is 1740 g/mol. The Kier molecular flexibility index (Phi) is 20.9. The molecule has 6 heterocycles. The highest BCUT2D eigenvalue weighted by atomic mass is 32.1. The molecule has 670 valence electrons. The highest BCUT2D eigenvalue weighted by Gasteiger charge is 2.34. The molecule has 0 unspecified atom stereocenters. The molecule has 0 radical (unpaired) electrons. The van der Waals surface area contributed by atoms with Crippen molar-refractivity contribution in [3.8, 4) is 89.3 Å². The van der Waals surface area contributed by atoms with Crippen LogP contribution in [0.4, 0.5) is 0 Å². The number of thiophene rings is 4. The predicted octanol–water partition coefficient (Wildman–Crippen LogP) is 39.5. The van der Waals surface area contributed by atoms with Crippen molar-refractivity contribution in [3.63, 3.8) is 0 Å². The molecule has 0 fully saturated rings. The zero-order valence-electron chi connectivity index (χ0n) is 84.1. The Hall–Kier alpha value is -14.3. The van der Waals surface area contributed by atoms with Crippen LogP contribution in [0.15, 0.2) is 406 Å². The van der Waals surface area contributed by atoms with Crippen LogP contribution in [0, 0.1) is 6.92 Å². The van der Waals surface area contributed by atoms with Crippen molar-refractivity contribution >= 4 is 170 Å². The van der Waals surface area contributed by atoms with Crippen molar-refractivity contribution in [2.45, 2.75) is 118 Å². The lowest BCUT2D eigenvalue weighted by Gasteiger charge is -2.28. The van der Waals surface area contributed by atoms with E-state index in [0.717, 1.165) is 28.7 Å². The molecular formula is C132H108N2S4. The van der Waals surface area contributed by atoms with Crippen LogP contribution in [0.2, 0.25) is 0 Å². The van der Waals surface area contributed by atoms with E-state index in [0.29, 0.717) is 11.1 Å². The van der Waals surface area contributed by atoms with Crippen LogP contribution < -0.4 is 0 Å². The fourth-order valence-corrected chi connectivity index (χ4v) is 27.1. The molecule has 25 aromatic rings. The van der Waals surface area contributed by atoms with Crippen molar-refractivity contribution in [1.29, 1.82) is 0 Å². The Balaban J connectivity index is 0.000000105. The van der Waals surface area contributed by atoms with Crippen molar-refractivity contribution in [2.75, 3.05) is 0 Å². The molecule has 0 spiro atoms. The van der Waals surface area contributed by atoms with Crippen LogP contribution >= 0.6 is 45.3 Å². The van der Waals surface area contributed by atoms with Crippen molar-refractivity contribution in [2.24, 2.45) is 0 Å². The second kappa shape index (κ2) is 34.7. The van der Waals surface area contributed by atoms with Gasteiger partial charge in [-0.25, -0.2) is 0 Å². The summed E-state index contributed by atoms with van der Waals surface area (Å²) in [4.78, 5) is 0. The van der Waals surface area contributed by atoms with E-state index in [1.54, 1.807) is 18.3 Å². The van der Waals surface area contributed by atoms with E-state index in [1.165, 1.54) is 219 Å². The Morgan fingerprint density at radius 1 is 0.239 bits per heavy atom. The van der Waals surface area contributed by atoms with Crippen molar-refractivity contribution < 1.29 is 5.48 Å². The van der Waals surface area contributed by atoms with Gasteiger partial charge < -0.3 is 9.13 Å². The highest BCUT2D eigenvalue weighted by molar-refractivity contribution is 7.27. The molecule has 6 aromatic heterocycles. The average molecular weight is 1850 g/mol.